The van der Waals surface area contributed by atoms with E-state index < -0.39 is 5.97 Å². The fourth-order valence-electron chi connectivity index (χ4n) is 1.83. The monoisotopic (exact) mass is 299 g/mol. The lowest BCUT2D eigenvalue weighted by atomic mass is 10.1. The third-order valence-corrected chi connectivity index (χ3v) is 2.90. The largest absolute Gasteiger partial charge is 0.481 e. The van der Waals surface area contributed by atoms with Crippen molar-refractivity contribution < 1.29 is 14.7 Å². The molecule has 0 bridgehead atoms. The van der Waals surface area contributed by atoms with Gasteiger partial charge < -0.3 is 9.94 Å². The quantitative estimate of drug-likeness (QED) is 0.460. The molecule has 0 aliphatic carbocycles. The molecule has 6 nitrogen and oxygen atoms in total. The Bertz CT molecular complexity index is 574. The molecular weight excluding hydrogens is 282 g/mol. The van der Waals surface area contributed by atoms with Crippen LogP contribution in [0.4, 0.5) is 0 Å². The van der Waals surface area contributed by atoms with Crippen LogP contribution < -0.4 is 0 Å². The van der Waals surface area contributed by atoms with Gasteiger partial charge in [0, 0.05) is 18.2 Å². The highest BCUT2D eigenvalue weighted by molar-refractivity contribution is 6.11. The van der Waals surface area contributed by atoms with E-state index in [1.54, 1.807) is 12.3 Å². The summed E-state index contributed by atoms with van der Waals surface area (Å²) >= 11 is 0. The molecule has 0 saturated heterocycles. The molecule has 114 valence electrons. The number of carboxylic acids is 1. The van der Waals surface area contributed by atoms with Crippen LogP contribution in [0, 0.1) is 0 Å². The molecule has 2 aromatic rings. The predicted octanol–water partition coefficient (Wildman–Crippen LogP) is 2.50. The van der Waals surface area contributed by atoms with Gasteiger partial charge in [0.1, 0.15) is 18.6 Å². The maximum absolute atomic E-state index is 10.4. The molecule has 6 heteroatoms. The molecule has 0 atom stereocenters. The molecule has 0 saturated carbocycles. The van der Waals surface area contributed by atoms with Crippen molar-refractivity contribution in [2.45, 2.75) is 19.3 Å². The van der Waals surface area contributed by atoms with Crippen LogP contribution in [0.5, 0.6) is 0 Å². The summed E-state index contributed by atoms with van der Waals surface area (Å²) in [6, 6.07) is 11.4. The highest BCUT2D eigenvalue weighted by Gasteiger charge is 2.08. The van der Waals surface area contributed by atoms with Crippen molar-refractivity contribution >= 4 is 11.7 Å². The summed E-state index contributed by atoms with van der Waals surface area (Å²) in [5.74, 6) is -0.797. The van der Waals surface area contributed by atoms with Crippen molar-refractivity contribution in [3.8, 4) is 0 Å². The topological polar surface area (TPSA) is 84.7 Å². The lowest BCUT2D eigenvalue weighted by Crippen LogP contribution is -2.07. The standard InChI is InChI=1S/C16H17N3O3/c20-15(21)8-4-5-11-22-19-16(13-6-2-1-3-7-13)14-9-10-17-12-18-14/h1-3,6-7,9-10,12H,4-5,8,11H2,(H,20,21)/b19-16+. The fourth-order valence-corrected chi connectivity index (χ4v) is 1.83. The number of oxime groups is 1. The van der Waals surface area contributed by atoms with Crippen molar-refractivity contribution in [2.24, 2.45) is 5.16 Å². The van der Waals surface area contributed by atoms with E-state index in [0.717, 1.165) is 5.56 Å². The van der Waals surface area contributed by atoms with E-state index in [0.29, 0.717) is 30.9 Å². The average Bonchev–Trinajstić information content (AvgIpc) is 2.55. The summed E-state index contributed by atoms with van der Waals surface area (Å²) in [4.78, 5) is 23.8. The van der Waals surface area contributed by atoms with Crippen molar-refractivity contribution in [3.63, 3.8) is 0 Å². The minimum atomic E-state index is -0.797. The van der Waals surface area contributed by atoms with E-state index in [-0.39, 0.29) is 6.42 Å². The van der Waals surface area contributed by atoms with Gasteiger partial charge in [-0.2, -0.15) is 0 Å². The number of aromatic nitrogens is 2. The molecular formula is C16H17N3O3. The van der Waals surface area contributed by atoms with Crippen LogP contribution in [0.2, 0.25) is 0 Å². The Kier molecular flexibility index (Phi) is 6.04. The zero-order valence-corrected chi connectivity index (χ0v) is 12.1. The van der Waals surface area contributed by atoms with Crippen LogP contribution in [0.3, 0.4) is 0 Å². The van der Waals surface area contributed by atoms with Gasteiger partial charge in [-0.25, -0.2) is 9.97 Å². The normalized spacial score (nSPS) is 11.2. The number of aliphatic carboxylic acids is 1. The molecule has 1 N–H and O–H groups in total. The number of rotatable bonds is 8. The number of carbonyl (C=O) groups is 1. The highest BCUT2D eigenvalue weighted by Crippen LogP contribution is 2.09. The zero-order chi connectivity index (χ0) is 15.6. The van der Waals surface area contributed by atoms with Gasteiger partial charge in [0.05, 0.1) is 5.69 Å². The van der Waals surface area contributed by atoms with Crippen LogP contribution in [-0.2, 0) is 9.63 Å². The average molecular weight is 299 g/mol. The van der Waals surface area contributed by atoms with Crippen LogP contribution in [-0.4, -0.2) is 33.4 Å². The number of unbranched alkanes of at least 4 members (excludes halogenated alkanes) is 1. The van der Waals surface area contributed by atoms with Gasteiger partial charge in [-0.1, -0.05) is 35.5 Å². The summed E-state index contributed by atoms with van der Waals surface area (Å²) in [5, 5.41) is 12.7. The number of benzene rings is 1. The van der Waals surface area contributed by atoms with Crippen molar-refractivity contribution in [3.05, 3.63) is 60.2 Å². The molecule has 0 aliphatic rings. The maximum atomic E-state index is 10.4. The van der Waals surface area contributed by atoms with Crippen molar-refractivity contribution in [2.75, 3.05) is 6.61 Å². The van der Waals surface area contributed by atoms with Crippen LogP contribution in [0.25, 0.3) is 0 Å². The molecule has 0 spiro atoms. The SMILES string of the molecule is O=C(O)CCCCO/N=C(\c1ccccc1)c1ccncn1. The second-order valence-electron chi connectivity index (χ2n) is 4.58. The lowest BCUT2D eigenvalue weighted by Gasteiger charge is -2.06. The highest BCUT2D eigenvalue weighted by atomic mass is 16.6. The number of hydrogen-bond donors (Lipinski definition) is 1. The Balaban J connectivity index is 2.02. The molecule has 2 rings (SSSR count). The van der Waals surface area contributed by atoms with Gasteiger partial charge >= 0.3 is 5.97 Å². The van der Waals surface area contributed by atoms with E-state index in [1.165, 1.54) is 6.33 Å². The second-order valence-corrected chi connectivity index (χ2v) is 4.58. The maximum Gasteiger partial charge on any atom is 0.303 e. The zero-order valence-electron chi connectivity index (χ0n) is 12.1. The van der Waals surface area contributed by atoms with E-state index >= 15 is 0 Å². The summed E-state index contributed by atoms with van der Waals surface area (Å²) in [7, 11) is 0. The molecule has 0 radical (unpaired) electrons. The van der Waals surface area contributed by atoms with Gasteiger partial charge in [-0.15, -0.1) is 0 Å². The summed E-state index contributed by atoms with van der Waals surface area (Å²) in [6.45, 7) is 0.370. The number of carboxylic acid groups (broad SMARTS) is 1. The van der Waals surface area contributed by atoms with Crippen LogP contribution in [0.1, 0.15) is 30.5 Å². The first-order valence-electron chi connectivity index (χ1n) is 7.01. The van der Waals surface area contributed by atoms with Gasteiger partial charge in [0.25, 0.3) is 0 Å². The van der Waals surface area contributed by atoms with E-state index in [1.807, 2.05) is 30.3 Å². The molecule has 0 amide bonds. The predicted molar refractivity (Wildman–Crippen MR) is 81.6 cm³/mol. The van der Waals surface area contributed by atoms with Gasteiger partial charge in [0.2, 0.25) is 0 Å². The molecule has 0 fully saturated rings. The lowest BCUT2D eigenvalue weighted by molar-refractivity contribution is -0.137. The first kappa shape index (κ1) is 15.6. The first-order chi connectivity index (χ1) is 10.8. The van der Waals surface area contributed by atoms with E-state index in [9.17, 15) is 4.79 Å². The molecule has 1 heterocycles. The molecule has 1 aromatic carbocycles. The smallest absolute Gasteiger partial charge is 0.303 e. The Morgan fingerprint density at radius 3 is 2.68 bits per heavy atom. The molecule has 22 heavy (non-hydrogen) atoms. The summed E-state index contributed by atoms with van der Waals surface area (Å²) in [5.41, 5.74) is 2.19. The van der Waals surface area contributed by atoms with Crippen molar-refractivity contribution in [1.82, 2.24) is 9.97 Å². The molecule has 0 unspecified atom stereocenters. The van der Waals surface area contributed by atoms with Crippen molar-refractivity contribution in [1.29, 1.82) is 0 Å². The first-order valence-corrected chi connectivity index (χ1v) is 7.01. The molecule has 1 aromatic heterocycles. The Labute approximate surface area is 128 Å². The second kappa shape index (κ2) is 8.51. The third-order valence-electron chi connectivity index (χ3n) is 2.90. The Morgan fingerprint density at radius 1 is 1.18 bits per heavy atom. The minimum absolute atomic E-state index is 0.143. The number of nitrogens with zero attached hydrogens (tertiary/aromatic N) is 3. The van der Waals surface area contributed by atoms with Crippen LogP contribution >= 0.6 is 0 Å². The Hall–Kier alpha value is -2.76. The summed E-state index contributed by atoms with van der Waals surface area (Å²) < 4.78 is 0. The van der Waals surface area contributed by atoms with Gasteiger partial charge in [-0.3, -0.25) is 4.79 Å². The van der Waals surface area contributed by atoms with E-state index in [4.69, 9.17) is 9.94 Å². The molecule has 0 aliphatic heterocycles. The summed E-state index contributed by atoms with van der Waals surface area (Å²) in [6.07, 6.45) is 4.46. The van der Waals surface area contributed by atoms with E-state index in [2.05, 4.69) is 15.1 Å². The Morgan fingerprint density at radius 2 is 2.00 bits per heavy atom. The third kappa shape index (κ3) is 4.97. The van der Waals surface area contributed by atoms with Gasteiger partial charge in [0.15, 0.2) is 0 Å². The fraction of sp³-hybridized carbons (Fsp3) is 0.250. The van der Waals surface area contributed by atoms with Crippen LogP contribution in [0.15, 0.2) is 54.1 Å². The van der Waals surface area contributed by atoms with Gasteiger partial charge in [-0.05, 0) is 18.9 Å². The minimum Gasteiger partial charge on any atom is -0.481 e. The number of hydrogen-bond acceptors (Lipinski definition) is 5.